The SMILES string of the molecule is CCc1nn(C)c(OC(C)(C)C)c1N. The predicted octanol–water partition coefficient (Wildman–Crippen LogP) is 1.74. The number of anilines is 1. The van der Waals surface area contributed by atoms with Crippen molar-refractivity contribution in [3.05, 3.63) is 5.69 Å². The van der Waals surface area contributed by atoms with Crippen LogP contribution in [0.25, 0.3) is 0 Å². The zero-order valence-corrected chi connectivity index (χ0v) is 9.59. The molecule has 0 aromatic carbocycles. The van der Waals surface area contributed by atoms with E-state index in [4.69, 9.17) is 10.5 Å². The van der Waals surface area contributed by atoms with E-state index in [9.17, 15) is 0 Å². The predicted molar refractivity (Wildman–Crippen MR) is 57.4 cm³/mol. The average molecular weight is 197 g/mol. The van der Waals surface area contributed by atoms with Gasteiger partial charge in [0.1, 0.15) is 11.3 Å². The maximum Gasteiger partial charge on any atom is 0.236 e. The zero-order chi connectivity index (χ0) is 10.9. The summed E-state index contributed by atoms with van der Waals surface area (Å²) in [5, 5.41) is 4.28. The van der Waals surface area contributed by atoms with Crippen LogP contribution < -0.4 is 10.5 Å². The van der Waals surface area contributed by atoms with Gasteiger partial charge in [0.25, 0.3) is 0 Å². The van der Waals surface area contributed by atoms with Crippen LogP contribution in [0, 0.1) is 0 Å². The Hall–Kier alpha value is -1.19. The molecule has 1 heterocycles. The van der Waals surface area contributed by atoms with Crippen molar-refractivity contribution in [3.8, 4) is 5.88 Å². The Bertz CT molecular complexity index is 323. The molecule has 2 N–H and O–H groups in total. The molecular formula is C10H19N3O. The Morgan fingerprint density at radius 1 is 1.43 bits per heavy atom. The molecule has 0 unspecified atom stereocenters. The highest BCUT2D eigenvalue weighted by Gasteiger charge is 2.19. The first-order chi connectivity index (χ1) is 6.35. The molecule has 0 saturated carbocycles. The lowest BCUT2D eigenvalue weighted by Gasteiger charge is -2.21. The maximum absolute atomic E-state index is 5.91. The van der Waals surface area contributed by atoms with Crippen molar-refractivity contribution in [1.82, 2.24) is 9.78 Å². The van der Waals surface area contributed by atoms with Crippen molar-refractivity contribution in [1.29, 1.82) is 0 Å². The third-order valence-corrected chi connectivity index (χ3v) is 1.84. The lowest BCUT2D eigenvalue weighted by molar-refractivity contribution is 0.118. The van der Waals surface area contributed by atoms with E-state index in [0.717, 1.165) is 12.1 Å². The van der Waals surface area contributed by atoms with Crippen LogP contribution in [0.5, 0.6) is 5.88 Å². The van der Waals surface area contributed by atoms with Crippen molar-refractivity contribution in [2.24, 2.45) is 7.05 Å². The largest absolute Gasteiger partial charge is 0.471 e. The second-order valence-corrected chi connectivity index (χ2v) is 4.36. The van der Waals surface area contributed by atoms with Crippen molar-refractivity contribution in [3.63, 3.8) is 0 Å². The van der Waals surface area contributed by atoms with Crippen LogP contribution in [0.1, 0.15) is 33.4 Å². The van der Waals surface area contributed by atoms with Gasteiger partial charge in [-0.1, -0.05) is 6.92 Å². The van der Waals surface area contributed by atoms with E-state index in [1.165, 1.54) is 0 Å². The number of nitrogen functional groups attached to an aromatic ring is 1. The Morgan fingerprint density at radius 2 is 2.00 bits per heavy atom. The van der Waals surface area contributed by atoms with Gasteiger partial charge in [0.2, 0.25) is 5.88 Å². The van der Waals surface area contributed by atoms with Gasteiger partial charge >= 0.3 is 0 Å². The minimum Gasteiger partial charge on any atom is -0.471 e. The Morgan fingerprint density at radius 3 is 2.36 bits per heavy atom. The normalized spacial score (nSPS) is 11.8. The summed E-state index contributed by atoms with van der Waals surface area (Å²) in [6.45, 7) is 8.00. The molecule has 1 aromatic rings. The van der Waals surface area contributed by atoms with E-state index in [2.05, 4.69) is 5.10 Å². The summed E-state index contributed by atoms with van der Waals surface area (Å²) in [6.07, 6.45) is 0.827. The first kappa shape index (κ1) is 10.9. The fourth-order valence-corrected chi connectivity index (χ4v) is 1.25. The summed E-state index contributed by atoms with van der Waals surface area (Å²) in [5.74, 6) is 0.661. The molecule has 80 valence electrons. The highest BCUT2D eigenvalue weighted by atomic mass is 16.5. The standard InChI is InChI=1S/C10H19N3O/c1-6-7-8(11)9(13(5)12-7)14-10(2,3)4/h6,11H2,1-5H3. The monoisotopic (exact) mass is 197 g/mol. The minimum absolute atomic E-state index is 0.243. The lowest BCUT2D eigenvalue weighted by atomic mass is 10.2. The molecule has 0 aliphatic carbocycles. The van der Waals surface area contributed by atoms with Crippen LogP contribution in [-0.4, -0.2) is 15.4 Å². The van der Waals surface area contributed by atoms with Crippen molar-refractivity contribution < 1.29 is 4.74 Å². The fourth-order valence-electron chi connectivity index (χ4n) is 1.25. The number of hydrogen-bond acceptors (Lipinski definition) is 3. The second kappa shape index (κ2) is 3.52. The summed E-state index contributed by atoms with van der Waals surface area (Å²) in [5.41, 5.74) is 7.22. The summed E-state index contributed by atoms with van der Waals surface area (Å²) >= 11 is 0. The van der Waals surface area contributed by atoms with Gasteiger partial charge < -0.3 is 10.5 Å². The molecule has 0 atom stereocenters. The zero-order valence-electron chi connectivity index (χ0n) is 9.59. The van der Waals surface area contributed by atoms with Crippen LogP contribution in [0.2, 0.25) is 0 Å². The molecule has 4 heteroatoms. The topological polar surface area (TPSA) is 53.1 Å². The van der Waals surface area contributed by atoms with Crippen LogP contribution in [0.4, 0.5) is 5.69 Å². The summed E-state index contributed by atoms with van der Waals surface area (Å²) in [6, 6.07) is 0. The number of aryl methyl sites for hydroxylation is 2. The molecule has 1 rings (SSSR count). The molecule has 0 radical (unpaired) electrons. The average Bonchev–Trinajstić information content (AvgIpc) is 2.29. The van der Waals surface area contributed by atoms with E-state index in [0.29, 0.717) is 11.6 Å². The van der Waals surface area contributed by atoms with E-state index >= 15 is 0 Å². The molecule has 0 bridgehead atoms. The first-order valence-corrected chi connectivity index (χ1v) is 4.85. The number of nitrogens with two attached hydrogens (primary N) is 1. The van der Waals surface area contributed by atoms with Gasteiger partial charge in [-0.05, 0) is 27.2 Å². The highest BCUT2D eigenvalue weighted by Crippen LogP contribution is 2.27. The fraction of sp³-hybridized carbons (Fsp3) is 0.700. The van der Waals surface area contributed by atoms with Gasteiger partial charge in [0, 0.05) is 7.05 Å². The smallest absolute Gasteiger partial charge is 0.236 e. The molecule has 0 aliphatic rings. The Kier molecular flexibility index (Phi) is 2.73. The van der Waals surface area contributed by atoms with Gasteiger partial charge in [-0.3, -0.25) is 0 Å². The van der Waals surface area contributed by atoms with Crippen molar-refractivity contribution in [2.75, 3.05) is 5.73 Å². The van der Waals surface area contributed by atoms with Crippen molar-refractivity contribution in [2.45, 2.75) is 39.7 Å². The second-order valence-electron chi connectivity index (χ2n) is 4.36. The van der Waals surface area contributed by atoms with Crippen LogP contribution in [0.15, 0.2) is 0 Å². The maximum atomic E-state index is 5.91. The van der Waals surface area contributed by atoms with Gasteiger partial charge in [0.15, 0.2) is 0 Å². The number of aromatic nitrogens is 2. The summed E-state index contributed by atoms with van der Waals surface area (Å²) in [4.78, 5) is 0. The first-order valence-electron chi connectivity index (χ1n) is 4.85. The third-order valence-electron chi connectivity index (χ3n) is 1.84. The quantitative estimate of drug-likeness (QED) is 0.785. The van der Waals surface area contributed by atoms with Gasteiger partial charge in [-0.25, -0.2) is 4.68 Å². The van der Waals surface area contributed by atoms with Crippen molar-refractivity contribution >= 4 is 5.69 Å². The minimum atomic E-state index is -0.243. The van der Waals surface area contributed by atoms with E-state index in [1.54, 1.807) is 4.68 Å². The molecule has 14 heavy (non-hydrogen) atoms. The molecular weight excluding hydrogens is 178 g/mol. The third kappa shape index (κ3) is 2.19. The molecule has 0 saturated heterocycles. The lowest BCUT2D eigenvalue weighted by Crippen LogP contribution is -2.24. The van der Waals surface area contributed by atoms with Crippen LogP contribution >= 0.6 is 0 Å². The molecule has 0 spiro atoms. The van der Waals surface area contributed by atoms with Gasteiger partial charge in [0.05, 0.1) is 5.69 Å². The van der Waals surface area contributed by atoms with E-state index in [1.807, 2.05) is 34.7 Å². The molecule has 0 fully saturated rings. The van der Waals surface area contributed by atoms with Gasteiger partial charge in [-0.15, -0.1) is 0 Å². The number of ether oxygens (including phenoxy) is 1. The summed E-state index contributed by atoms with van der Waals surface area (Å²) in [7, 11) is 1.84. The molecule has 4 nitrogen and oxygen atoms in total. The number of hydrogen-bond donors (Lipinski definition) is 1. The van der Waals surface area contributed by atoms with Gasteiger partial charge in [-0.2, -0.15) is 5.10 Å². The van der Waals surface area contributed by atoms with E-state index < -0.39 is 0 Å². The molecule has 0 aliphatic heterocycles. The molecule has 0 amide bonds. The number of rotatable bonds is 2. The summed E-state index contributed by atoms with van der Waals surface area (Å²) < 4.78 is 7.42. The van der Waals surface area contributed by atoms with Crippen LogP contribution in [0.3, 0.4) is 0 Å². The highest BCUT2D eigenvalue weighted by molar-refractivity contribution is 5.53. The Balaban J connectivity index is 3.03. The van der Waals surface area contributed by atoms with Crippen LogP contribution in [-0.2, 0) is 13.5 Å². The Labute approximate surface area is 85.0 Å². The number of nitrogens with zero attached hydrogens (tertiary/aromatic N) is 2. The van der Waals surface area contributed by atoms with E-state index in [-0.39, 0.29) is 5.60 Å². The molecule has 1 aromatic heterocycles.